The summed E-state index contributed by atoms with van der Waals surface area (Å²) < 4.78 is 0. The van der Waals surface area contributed by atoms with Crippen LogP contribution in [0, 0.1) is 12.3 Å². The van der Waals surface area contributed by atoms with E-state index in [0.717, 1.165) is 5.92 Å². The zero-order chi connectivity index (χ0) is 13.5. The van der Waals surface area contributed by atoms with Crippen LogP contribution in [0.1, 0.15) is 104 Å². The van der Waals surface area contributed by atoms with Crippen LogP contribution in [-0.2, 0) is 0 Å². The molecule has 0 fully saturated rings. The van der Waals surface area contributed by atoms with Gasteiger partial charge in [0.25, 0.3) is 0 Å². The van der Waals surface area contributed by atoms with E-state index in [1.807, 2.05) is 0 Å². The first kappa shape index (κ1) is 18.0. The monoisotopic (exact) mass is 253 g/mol. The highest BCUT2D eigenvalue weighted by Gasteiger charge is 2.04. The molecule has 18 heavy (non-hydrogen) atoms. The van der Waals surface area contributed by atoms with Crippen molar-refractivity contribution in [3.05, 3.63) is 6.42 Å². The second-order valence-electron chi connectivity index (χ2n) is 5.89. The van der Waals surface area contributed by atoms with Crippen LogP contribution < -0.4 is 0 Å². The van der Waals surface area contributed by atoms with E-state index in [0.29, 0.717) is 0 Å². The first-order valence-corrected chi connectivity index (χ1v) is 8.62. The van der Waals surface area contributed by atoms with Crippen molar-refractivity contribution in [3.63, 3.8) is 0 Å². The lowest BCUT2D eigenvalue weighted by molar-refractivity contribution is 0.432. The van der Waals surface area contributed by atoms with Gasteiger partial charge in [-0.15, -0.1) is 0 Å². The van der Waals surface area contributed by atoms with Crippen molar-refractivity contribution in [3.8, 4) is 0 Å². The Morgan fingerprint density at radius 1 is 0.722 bits per heavy atom. The zero-order valence-corrected chi connectivity index (χ0v) is 13.3. The topological polar surface area (TPSA) is 0 Å². The summed E-state index contributed by atoms with van der Waals surface area (Å²) >= 11 is 0. The van der Waals surface area contributed by atoms with Gasteiger partial charge in [-0.3, -0.25) is 0 Å². The van der Waals surface area contributed by atoms with Gasteiger partial charge in [0.15, 0.2) is 0 Å². The van der Waals surface area contributed by atoms with Crippen molar-refractivity contribution in [1.82, 2.24) is 0 Å². The van der Waals surface area contributed by atoms with Crippen LogP contribution >= 0.6 is 0 Å². The lowest BCUT2D eigenvalue weighted by Gasteiger charge is -2.12. The maximum atomic E-state index is 2.34. The Bertz CT molecular complexity index is 139. The molecule has 0 rings (SSSR count). The summed E-state index contributed by atoms with van der Waals surface area (Å²) in [6.45, 7) is 6.82. The Morgan fingerprint density at radius 3 is 1.67 bits per heavy atom. The summed E-state index contributed by atoms with van der Waals surface area (Å²) in [5, 5.41) is 0. The van der Waals surface area contributed by atoms with Crippen LogP contribution in [0.5, 0.6) is 0 Å². The lowest BCUT2D eigenvalue weighted by Crippen LogP contribution is -1.98. The van der Waals surface area contributed by atoms with Gasteiger partial charge in [-0.2, -0.15) is 0 Å². The molecule has 0 N–H and O–H groups in total. The Balaban J connectivity index is 3.10. The van der Waals surface area contributed by atoms with E-state index in [1.165, 1.54) is 83.5 Å². The molecule has 0 aromatic carbocycles. The maximum absolute atomic E-state index is 2.34. The molecule has 1 radical (unpaired) electrons. The van der Waals surface area contributed by atoms with Crippen molar-refractivity contribution in [2.75, 3.05) is 0 Å². The quantitative estimate of drug-likeness (QED) is 0.294. The predicted molar refractivity (Wildman–Crippen MR) is 84.8 cm³/mol. The average Bonchev–Trinajstić information content (AvgIpc) is 2.39. The summed E-state index contributed by atoms with van der Waals surface area (Å²) in [7, 11) is 0. The van der Waals surface area contributed by atoms with Crippen LogP contribution in [0.4, 0.5) is 0 Å². The second kappa shape index (κ2) is 15.1. The first-order chi connectivity index (χ1) is 8.85. The molecule has 0 aliphatic heterocycles. The first-order valence-electron chi connectivity index (χ1n) is 8.62. The molecule has 0 heterocycles. The van der Waals surface area contributed by atoms with Gasteiger partial charge >= 0.3 is 0 Å². The molecule has 0 aromatic heterocycles. The molecule has 0 saturated heterocycles. The summed E-state index contributed by atoms with van der Waals surface area (Å²) in [6, 6.07) is 0. The van der Waals surface area contributed by atoms with Crippen LogP contribution in [0.2, 0.25) is 0 Å². The highest BCUT2D eigenvalue weighted by atomic mass is 14.1. The molecule has 1 unspecified atom stereocenters. The number of unbranched alkanes of at least 4 members (excludes halogenated alkanes) is 9. The molecule has 0 spiro atoms. The van der Waals surface area contributed by atoms with E-state index in [2.05, 4.69) is 27.2 Å². The Labute approximate surface area is 117 Å². The van der Waals surface area contributed by atoms with E-state index in [9.17, 15) is 0 Å². The van der Waals surface area contributed by atoms with Crippen molar-refractivity contribution in [2.45, 2.75) is 104 Å². The van der Waals surface area contributed by atoms with Crippen LogP contribution in [0.15, 0.2) is 0 Å². The van der Waals surface area contributed by atoms with Gasteiger partial charge in [0.1, 0.15) is 0 Å². The van der Waals surface area contributed by atoms with Crippen molar-refractivity contribution >= 4 is 0 Å². The summed E-state index contributed by atoms with van der Waals surface area (Å²) in [6.07, 6.45) is 21.0. The smallest absolute Gasteiger partial charge is 0.0414 e. The standard InChI is InChI=1S/C18H37/c1-4-7-8-9-10-11-12-13-14-15-17-18(6-3)16-5-2/h5,18H,4,6-17H2,1-3H3. The fourth-order valence-corrected chi connectivity index (χ4v) is 2.74. The molecule has 0 nitrogen and oxygen atoms in total. The minimum absolute atomic E-state index is 0.962. The largest absolute Gasteiger partial charge is 0.0654 e. The molecular weight excluding hydrogens is 216 g/mol. The fourth-order valence-electron chi connectivity index (χ4n) is 2.74. The van der Waals surface area contributed by atoms with Gasteiger partial charge in [-0.25, -0.2) is 0 Å². The van der Waals surface area contributed by atoms with Gasteiger partial charge < -0.3 is 0 Å². The molecule has 1 atom stereocenters. The third-order valence-corrected chi connectivity index (χ3v) is 4.11. The number of hydrogen-bond acceptors (Lipinski definition) is 0. The number of rotatable bonds is 14. The second-order valence-corrected chi connectivity index (χ2v) is 5.89. The average molecular weight is 253 g/mol. The molecule has 0 heteroatoms. The summed E-state index contributed by atoms with van der Waals surface area (Å²) in [4.78, 5) is 0. The minimum atomic E-state index is 0.962. The fraction of sp³-hybridized carbons (Fsp3) is 0.944. The van der Waals surface area contributed by atoms with E-state index in [4.69, 9.17) is 0 Å². The van der Waals surface area contributed by atoms with Gasteiger partial charge in [0.05, 0.1) is 0 Å². The normalized spacial score (nSPS) is 12.8. The molecule has 109 valence electrons. The molecular formula is C18H37. The third kappa shape index (κ3) is 12.5. The maximum Gasteiger partial charge on any atom is -0.0414 e. The van der Waals surface area contributed by atoms with E-state index >= 15 is 0 Å². The van der Waals surface area contributed by atoms with Crippen molar-refractivity contribution in [2.24, 2.45) is 5.92 Å². The SMILES string of the molecule is C[CH]CC(CC)CCCCCCCCCCCC. The Morgan fingerprint density at radius 2 is 1.22 bits per heavy atom. The molecule has 0 amide bonds. The van der Waals surface area contributed by atoms with Gasteiger partial charge in [-0.05, 0) is 18.8 Å². The van der Waals surface area contributed by atoms with Crippen LogP contribution in [0.25, 0.3) is 0 Å². The zero-order valence-electron chi connectivity index (χ0n) is 13.3. The van der Waals surface area contributed by atoms with Gasteiger partial charge in [-0.1, -0.05) is 97.8 Å². The third-order valence-electron chi connectivity index (χ3n) is 4.11. The highest BCUT2D eigenvalue weighted by Crippen LogP contribution is 2.19. The number of hydrogen-bond donors (Lipinski definition) is 0. The van der Waals surface area contributed by atoms with Crippen molar-refractivity contribution < 1.29 is 0 Å². The Hall–Kier alpha value is 0. The molecule has 0 aliphatic carbocycles. The van der Waals surface area contributed by atoms with E-state index < -0.39 is 0 Å². The van der Waals surface area contributed by atoms with E-state index in [1.54, 1.807) is 0 Å². The van der Waals surface area contributed by atoms with Gasteiger partial charge in [0.2, 0.25) is 0 Å². The predicted octanol–water partition coefficient (Wildman–Crippen LogP) is 6.94. The Kier molecular flexibility index (Phi) is 15.1. The summed E-state index contributed by atoms with van der Waals surface area (Å²) in [5.41, 5.74) is 0. The van der Waals surface area contributed by atoms with Crippen LogP contribution in [-0.4, -0.2) is 0 Å². The molecule has 0 bridgehead atoms. The minimum Gasteiger partial charge on any atom is -0.0654 e. The molecule has 0 aromatic rings. The summed E-state index contributed by atoms with van der Waals surface area (Å²) in [5.74, 6) is 0.962. The van der Waals surface area contributed by atoms with E-state index in [-0.39, 0.29) is 0 Å². The molecule has 0 saturated carbocycles. The highest BCUT2D eigenvalue weighted by molar-refractivity contribution is 4.65. The van der Waals surface area contributed by atoms with Crippen molar-refractivity contribution in [1.29, 1.82) is 0 Å². The van der Waals surface area contributed by atoms with Crippen LogP contribution in [0.3, 0.4) is 0 Å². The molecule has 0 aliphatic rings. The van der Waals surface area contributed by atoms with Gasteiger partial charge in [0, 0.05) is 0 Å². The lowest BCUT2D eigenvalue weighted by atomic mass is 9.94.